The van der Waals surface area contributed by atoms with Crippen molar-refractivity contribution >= 4 is 22.7 Å². The van der Waals surface area contributed by atoms with Gasteiger partial charge in [-0.1, -0.05) is 12.8 Å². The van der Waals surface area contributed by atoms with Gasteiger partial charge in [0.15, 0.2) is 0 Å². The van der Waals surface area contributed by atoms with Crippen molar-refractivity contribution in [2.24, 2.45) is 0 Å². The molecule has 0 aliphatic heterocycles. The maximum Gasteiger partial charge on any atom is 0.306 e. The largest absolute Gasteiger partial charge is 0.385 e. The molecule has 118 valence electrons. The van der Waals surface area contributed by atoms with E-state index in [0.717, 1.165) is 31.9 Å². The summed E-state index contributed by atoms with van der Waals surface area (Å²) in [5.41, 5.74) is 1.51. The number of anilines is 1. The third-order valence-corrected chi connectivity index (χ3v) is 4.18. The SMILES string of the molecule is O=[N+]([O-])c1cc(NCCCCCCc2ccsc2)ccc1F. The number of aryl methyl sites for hydroxylation is 1. The van der Waals surface area contributed by atoms with Crippen molar-refractivity contribution in [1.29, 1.82) is 0 Å². The average Bonchev–Trinajstić information content (AvgIpc) is 3.01. The lowest BCUT2D eigenvalue weighted by atomic mass is 10.1. The van der Waals surface area contributed by atoms with Gasteiger partial charge in [0.1, 0.15) is 0 Å². The Morgan fingerprint density at radius 1 is 1.18 bits per heavy atom. The van der Waals surface area contributed by atoms with E-state index >= 15 is 0 Å². The zero-order chi connectivity index (χ0) is 15.8. The Balaban J connectivity index is 1.62. The van der Waals surface area contributed by atoms with Crippen LogP contribution in [-0.4, -0.2) is 11.5 Å². The van der Waals surface area contributed by atoms with Crippen LogP contribution in [0.2, 0.25) is 0 Å². The summed E-state index contributed by atoms with van der Waals surface area (Å²) < 4.78 is 13.2. The van der Waals surface area contributed by atoms with Gasteiger partial charge in [0.05, 0.1) is 4.92 Å². The Morgan fingerprint density at radius 3 is 2.73 bits per heavy atom. The van der Waals surface area contributed by atoms with Crippen LogP contribution in [0.15, 0.2) is 35.0 Å². The number of hydrogen-bond donors (Lipinski definition) is 1. The maximum atomic E-state index is 13.2. The van der Waals surface area contributed by atoms with Crippen LogP contribution in [0.4, 0.5) is 15.8 Å². The molecule has 0 aliphatic rings. The predicted molar refractivity (Wildman–Crippen MR) is 88.0 cm³/mol. The summed E-state index contributed by atoms with van der Waals surface area (Å²) >= 11 is 1.73. The minimum Gasteiger partial charge on any atom is -0.385 e. The van der Waals surface area contributed by atoms with Crippen molar-refractivity contribution in [1.82, 2.24) is 0 Å². The van der Waals surface area contributed by atoms with Crippen LogP contribution in [0.5, 0.6) is 0 Å². The highest BCUT2D eigenvalue weighted by molar-refractivity contribution is 7.07. The standard InChI is InChI=1S/C16H19FN2O2S/c17-15-7-6-14(11-16(15)19(20)21)18-9-4-2-1-3-5-13-8-10-22-12-13/h6-8,10-12,18H,1-5,9H2. The molecule has 4 nitrogen and oxygen atoms in total. The monoisotopic (exact) mass is 322 g/mol. The Kier molecular flexibility index (Phi) is 6.33. The highest BCUT2D eigenvalue weighted by atomic mass is 32.1. The molecular formula is C16H19FN2O2S. The van der Waals surface area contributed by atoms with Crippen LogP contribution in [0.3, 0.4) is 0 Å². The predicted octanol–water partition coefficient (Wildman–Crippen LogP) is 5.01. The third-order valence-electron chi connectivity index (χ3n) is 3.44. The number of rotatable bonds is 9. The Bertz CT molecular complexity index is 602. The van der Waals surface area contributed by atoms with E-state index in [-0.39, 0.29) is 0 Å². The van der Waals surface area contributed by atoms with Gasteiger partial charge in [-0.15, -0.1) is 0 Å². The van der Waals surface area contributed by atoms with Crippen LogP contribution < -0.4 is 5.32 Å². The number of hydrogen-bond acceptors (Lipinski definition) is 4. The molecule has 1 aromatic carbocycles. The molecular weight excluding hydrogens is 303 g/mol. The molecule has 0 amide bonds. The smallest absolute Gasteiger partial charge is 0.306 e. The number of nitro benzene ring substituents is 1. The first-order valence-electron chi connectivity index (χ1n) is 7.35. The number of thiophene rings is 1. The zero-order valence-electron chi connectivity index (χ0n) is 12.3. The molecule has 2 rings (SSSR count). The topological polar surface area (TPSA) is 55.2 Å². The average molecular weight is 322 g/mol. The lowest BCUT2D eigenvalue weighted by Crippen LogP contribution is -2.02. The highest BCUT2D eigenvalue weighted by Gasteiger charge is 2.13. The van der Waals surface area contributed by atoms with Gasteiger partial charge in [-0.2, -0.15) is 15.7 Å². The Labute approximate surface area is 133 Å². The zero-order valence-corrected chi connectivity index (χ0v) is 13.1. The molecule has 1 aromatic heterocycles. The molecule has 1 N–H and O–H groups in total. The fourth-order valence-corrected chi connectivity index (χ4v) is 2.94. The summed E-state index contributed by atoms with van der Waals surface area (Å²) in [4.78, 5) is 9.95. The van der Waals surface area contributed by atoms with E-state index < -0.39 is 16.4 Å². The number of unbranched alkanes of at least 4 members (excludes halogenated alkanes) is 3. The van der Waals surface area contributed by atoms with Gasteiger partial charge in [-0.25, -0.2) is 0 Å². The Hall–Kier alpha value is -1.95. The molecule has 22 heavy (non-hydrogen) atoms. The van der Waals surface area contributed by atoms with E-state index in [0.29, 0.717) is 5.69 Å². The molecule has 0 bridgehead atoms. The molecule has 2 aromatic rings. The van der Waals surface area contributed by atoms with E-state index in [2.05, 4.69) is 22.1 Å². The van der Waals surface area contributed by atoms with Gasteiger partial charge in [0.25, 0.3) is 0 Å². The summed E-state index contributed by atoms with van der Waals surface area (Å²) in [5.74, 6) is -0.802. The molecule has 0 fully saturated rings. The van der Waals surface area contributed by atoms with Gasteiger partial charge >= 0.3 is 5.69 Å². The molecule has 0 spiro atoms. The lowest BCUT2D eigenvalue weighted by molar-refractivity contribution is -0.387. The lowest BCUT2D eigenvalue weighted by Gasteiger charge is -2.06. The van der Waals surface area contributed by atoms with E-state index in [1.807, 2.05) is 0 Å². The quantitative estimate of drug-likeness (QED) is 0.401. The normalized spacial score (nSPS) is 10.6. The van der Waals surface area contributed by atoms with Gasteiger partial charge < -0.3 is 5.32 Å². The molecule has 0 unspecified atom stereocenters. The number of benzene rings is 1. The fourth-order valence-electron chi connectivity index (χ4n) is 2.24. The second-order valence-corrected chi connectivity index (χ2v) is 5.93. The highest BCUT2D eigenvalue weighted by Crippen LogP contribution is 2.21. The fraction of sp³-hybridized carbons (Fsp3) is 0.375. The summed E-state index contributed by atoms with van der Waals surface area (Å²) in [7, 11) is 0. The second kappa shape index (κ2) is 8.48. The summed E-state index contributed by atoms with van der Waals surface area (Å²) in [6.07, 6.45) is 5.58. The summed E-state index contributed by atoms with van der Waals surface area (Å²) in [6.45, 7) is 0.737. The van der Waals surface area contributed by atoms with Crippen LogP contribution >= 0.6 is 11.3 Å². The van der Waals surface area contributed by atoms with Crippen LogP contribution in [0, 0.1) is 15.9 Å². The van der Waals surface area contributed by atoms with Crippen LogP contribution in [-0.2, 0) is 6.42 Å². The summed E-state index contributed by atoms with van der Waals surface area (Å²) in [6, 6.07) is 6.06. The van der Waals surface area contributed by atoms with Crippen molar-refractivity contribution in [3.05, 3.63) is 56.5 Å². The first kappa shape index (κ1) is 16.4. The van der Waals surface area contributed by atoms with Crippen molar-refractivity contribution in [3.8, 4) is 0 Å². The third kappa shape index (κ3) is 5.11. The van der Waals surface area contributed by atoms with E-state index in [1.165, 1.54) is 30.5 Å². The number of nitrogens with zero attached hydrogens (tertiary/aromatic N) is 1. The first-order chi connectivity index (χ1) is 10.7. The minimum absolute atomic E-state index is 0.485. The van der Waals surface area contributed by atoms with Gasteiger partial charge in [0, 0.05) is 18.3 Å². The minimum atomic E-state index is -0.802. The van der Waals surface area contributed by atoms with Crippen molar-refractivity contribution in [2.45, 2.75) is 32.1 Å². The molecule has 1 heterocycles. The van der Waals surface area contributed by atoms with E-state index in [1.54, 1.807) is 11.3 Å². The molecule has 0 radical (unpaired) electrons. The molecule has 0 atom stereocenters. The van der Waals surface area contributed by atoms with E-state index in [4.69, 9.17) is 0 Å². The van der Waals surface area contributed by atoms with E-state index in [9.17, 15) is 14.5 Å². The van der Waals surface area contributed by atoms with Gasteiger partial charge in [-0.3, -0.25) is 10.1 Å². The van der Waals surface area contributed by atoms with Crippen LogP contribution in [0.1, 0.15) is 31.2 Å². The first-order valence-corrected chi connectivity index (χ1v) is 8.30. The summed E-state index contributed by atoms with van der Waals surface area (Å²) in [5, 5.41) is 18.0. The number of nitro groups is 1. The number of halogens is 1. The number of nitrogens with one attached hydrogen (secondary N) is 1. The van der Waals surface area contributed by atoms with Crippen molar-refractivity contribution < 1.29 is 9.31 Å². The van der Waals surface area contributed by atoms with Crippen LogP contribution in [0.25, 0.3) is 0 Å². The van der Waals surface area contributed by atoms with Crippen molar-refractivity contribution in [2.75, 3.05) is 11.9 Å². The van der Waals surface area contributed by atoms with Gasteiger partial charge in [0.2, 0.25) is 5.82 Å². The Morgan fingerprint density at radius 2 is 2.00 bits per heavy atom. The molecule has 0 saturated heterocycles. The second-order valence-electron chi connectivity index (χ2n) is 5.15. The maximum absolute atomic E-state index is 13.2. The van der Waals surface area contributed by atoms with Crippen molar-refractivity contribution in [3.63, 3.8) is 0 Å². The van der Waals surface area contributed by atoms with Gasteiger partial charge in [-0.05, 0) is 53.8 Å². The molecule has 0 saturated carbocycles. The molecule has 0 aliphatic carbocycles. The molecule has 6 heteroatoms.